The summed E-state index contributed by atoms with van der Waals surface area (Å²) in [6, 6.07) is 15.9. The molecule has 3 rings (SSSR count). The lowest BCUT2D eigenvalue weighted by Crippen LogP contribution is -2.36. The number of nitrogens with one attached hydrogen (secondary N) is 1. The van der Waals surface area contributed by atoms with Crippen molar-refractivity contribution < 1.29 is 4.79 Å². The van der Waals surface area contributed by atoms with Crippen molar-refractivity contribution in [3.63, 3.8) is 0 Å². The number of amides is 1. The molecule has 0 aromatic heterocycles. The first-order valence-electron chi connectivity index (χ1n) is 8.48. The van der Waals surface area contributed by atoms with Crippen molar-refractivity contribution in [3.05, 3.63) is 70.2 Å². The van der Waals surface area contributed by atoms with Crippen molar-refractivity contribution in [3.8, 4) is 0 Å². The van der Waals surface area contributed by atoms with Gasteiger partial charge in [0.15, 0.2) is 0 Å². The molecular weight excluding hydrogens is 320 g/mol. The van der Waals surface area contributed by atoms with Gasteiger partial charge in [0.2, 0.25) is 0 Å². The first kappa shape index (κ1) is 17.0. The monoisotopic (exact) mass is 342 g/mol. The highest BCUT2D eigenvalue weighted by Gasteiger charge is 2.24. The predicted octanol–water partition coefficient (Wildman–Crippen LogP) is 4.22. The van der Waals surface area contributed by atoms with Crippen molar-refractivity contribution in [2.75, 3.05) is 19.6 Å². The summed E-state index contributed by atoms with van der Waals surface area (Å²) in [6.45, 7) is 4.88. The first-order chi connectivity index (χ1) is 11.6. The molecule has 24 heavy (non-hydrogen) atoms. The van der Waals surface area contributed by atoms with Crippen LogP contribution >= 0.6 is 11.6 Å². The molecule has 0 saturated carbocycles. The molecule has 2 aromatic carbocycles. The van der Waals surface area contributed by atoms with E-state index in [9.17, 15) is 4.79 Å². The second kappa shape index (κ2) is 7.82. The first-order valence-corrected chi connectivity index (χ1v) is 8.85. The Labute approximate surface area is 148 Å². The van der Waals surface area contributed by atoms with Crippen molar-refractivity contribution in [2.24, 2.45) is 0 Å². The maximum absolute atomic E-state index is 12.4. The minimum Gasteiger partial charge on any atom is -0.350 e. The number of hydrogen-bond acceptors (Lipinski definition) is 2. The highest BCUT2D eigenvalue weighted by molar-refractivity contribution is 6.30. The molecule has 3 nitrogen and oxygen atoms in total. The molecule has 1 aliphatic heterocycles. The molecule has 1 heterocycles. The summed E-state index contributed by atoms with van der Waals surface area (Å²) in [7, 11) is 0. The van der Waals surface area contributed by atoms with Gasteiger partial charge in [-0.1, -0.05) is 47.5 Å². The summed E-state index contributed by atoms with van der Waals surface area (Å²) >= 11 is 5.98. The number of hydrogen-bond donors (Lipinski definition) is 1. The smallest absolute Gasteiger partial charge is 0.251 e. The third kappa shape index (κ3) is 4.16. The van der Waals surface area contributed by atoms with Gasteiger partial charge in [0.25, 0.3) is 5.91 Å². The SMILES string of the molecule is Cc1ccc([C@@H](CNC(=O)c2cccc(Cl)c2)N2CCCC2)cc1. The standard InChI is InChI=1S/C20H23ClN2O/c1-15-7-9-16(10-8-15)19(23-11-2-3-12-23)14-22-20(24)17-5-4-6-18(21)13-17/h4-10,13,19H,2-3,11-12,14H2,1H3,(H,22,24)/t19-/m1/s1. The highest BCUT2D eigenvalue weighted by Crippen LogP contribution is 2.25. The fourth-order valence-electron chi connectivity index (χ4n) is 3.22. The van der Waals surface area contributed by atoms with Crippen LogP contribution in [0.4, 0.5) is 0 Å². The second-order valence-corrected chi connectivity index (χ2v) is 6.83. The fraction of sp³-hybridized carbons (Fsp3) is 0.350. The summed E-state index contributed by atoms with van der Waals surface area (Å²) in [6.07, 6.45) is 2.45. The van der Waals surface area contributed by atoms with E-state index in [1.807, 2.05) is 0 Å². The van der Waals surface area contributed by atoms with Crippen LogP contribution < -0.4 is 5.32 Å². The summed E-state index contributed by atoms with van der Waals surface area (Å²) in [4.78, 5) is 14.9. The Balaban J connectivity index is 1.72. The molecule has 4 heteroatoms. The third-order valence-corrected chi connectivity index (χ3v) is 4.82. The molecule has 0 bridgehead atoms. The lowest BCUT2D eigenvalue weighted by molar-refractivity contribution is 0.0938. The van der Waals surface area contributed by atoms with Crippen molar-refractivity contribution in [1.29, 1.82) is 0 Å². The topological polar surface area (TPSA) is 32.3 Å². The Morgan fingerprint density at radius 2 is 1.88 bits per heavy atom. The Morgan fingerprint density at radius 1 is 1.17 bits per heavy atom. The molecule has 0 unspecified atom stereocenters. The number of rotatable bonds is 5. The average Bonchev–Trinajstić information content (AvgIpc) is 3.11. The molecule has 0 spiro atoms. The number of benzene rings is 2. The number of carbonyl (C=O) groups is 1. The number of halogens is 1. The van der Waals surface area contributed by atoms with Gasteiger partial charge < -0.3 is 5.32 Å². The van der Waals surface area contributed by atoms with E-state index in [0.29, 0.717) is 17.1 Å². The Hall–Kier alpha value is -1.84. The van der Waals surface area contributed by atoms with Gasteiger partial charge in [-0.15, -0.1) is 0 Å². The zero-order valence-corrected chi connectivity index (χ0v) is 14.7. The number of likely N-dealkylation sites (tertiary alicyclic amines) is 1. The van der Waals surface area contributed by atoms with E-state index >= 15 is 0 Å². The van der Waals surface area contributed by atoms with Gasteiger partial charge in [-0.05, 0) is 56.6 Å². The Morgan fingerprint density at radius 3 is 2.54 bits per heavy atom. The minimum absolute atomic E-state index is 0.0752. The molecule has 1 N–H and O–H groups in total. The van der Waals surface area contributed by atoms with Crippen LogP contribution in [0.5, 0.6) is 0 Å². The van der Waals surface area contributed by atoms with E-state index in [-0.39, 0.29) is 11.9 Å². The van der Waals surface area contributed by atoms with Gasteiger partial charge in [0, 0.05) is 17.1 Å². The van der Waals surface area contributed by atoms with Crippen LogP contribution in [-0.4, -0.2) is 30.4 Å². The zero-order valence-electron chi connectivity index (χ0n) is 14.0. The van der Waals surface area contributed by atoms with E-state index in [2.05, 4.69) is 41.4 Å². The van der Waals surface area contributed by atoms with Crippen LogP contribution in [0, 0.1) is 6.92 Å². The molecule has 1 saturated heterocycles. The average molecular weight is 343 g/mol. The maximum atomic E-state index is 12.4. The van der Waals surface area contributed by atoms with Gasteiger partial charge in [-0.2, -0.15) is 0 Å². The zero-order chi connectivity index (χ0) is 16.9. The van der Waals surface area contributed by atoms with Crippen LogP contribution in [0.1, 0.15) is 40.4 Å². The molecule has 0 radical (unpaired) electrons. The fourth-order valence-corrected chi connectivity index (χ4v) is 3.41. The van der Waals surface area contributed by atoms with Crippen molar-refractivity contribution >= 4 is 17.5 Å². The Bertz CT molecular complexity index is 693. The van der Waals surface area contributed by atoms with E-state index in [0.717, 1.165) is 13.1 Å². The second-order valence-electron chi connectivity index (χ2n) is 6.39. The lowest BCUT2D eigenvalue weighted by atomic mass is 10.0. The maximum Gasteiger partial charge on any atom is 0.251 e. The van der Waals surface area contributed by atoms with Crippen LogP contribution in [0.2, 0.25) is 5.02 Å². The van der Waals surface area contributed by atoms with Gasteiger partial charge in [0.1, 0.15) is 0 Å². The van der Waals surface area contributed by atoms with E-state index in [1.54, 1.807) is 24.3 Å². The summed E-state index contributed by atoms with van der Waals surface area (Å²) in [5.41, 5.74) is 3.11. The Kier molecular flexibility index (Phi) is 5.54. The van der Waals surface area contributed by atoms with Gasteiger partial charge >= 0.3 is 0 Å². The molecule has 1 amide bonds. The van der Waals surface area contributed by atoms with Gasteiger partial charge in [0.05, 0.1) is 6.04 Å². The largest absolute Gasteiger partial charge is 0.350 e. The third-order valence-electron chi connectivity index (χ3n) is 4.59. The number of carbonyl (C=O) groups excluding carboxylic acids is 1. The molecule has 1 atom stereocenters. The summed E-state index contributed by atoms with van der Waals surface area (Å²) in [5, 5.41) is 3.66. The minimum atomic E-state index is -0.0752. The highest BCUT2D eigenvalue weighted by atomic mass is 35.5. The van der Waals surface area contributed by atoms with E-state index in [1.165, 1.54) is 24.0 Å². The van der Waals surface area contributed by atoms with Crippen LogP contribution in [0.25, 0.3) is 0 Å². The van der Waals surface area contributed by atoms with E-state index < -0.39 is 0 Å². The summed E-state index contributed by atoms with van der Waals surface area (Å²) in [5.74, 6) is -0.0752. The lowest BCUT2D eigenvalue weighted by Gasteiger charge is -2.28. The van der Waals surface area contributed by atoms with Crippen molar-refractivity contribution in [2.45, 2.75) is 25.8 Å². The molecule has 1 fully saturated rings. The molecule has 126 valence electrons. The predicted molar refractivity (Wildman–Crippen MR) is 98.5 cm³/mol. The van der Waals surface area contributed by atoms with Crippen LogP contribution in [0.3, 0.4) is 0 Å². The molecule has 1 aliphatic rings. The van der Waals surface area contributed by atoms with E-state index in [4.69, 9.17) is 11.6 Å². The molecular formula is C20H23ClN2O. The number of aryl methyl sites for hydroxylation is 1. The van der Waals surface area contributed by atoms with Gasteiger partial charge in [-0.25, -0.2) is 0 Å². The summed E-state index contributed by atoms with van der Waals surface area (Å²) < 4.78 is 0. The van der Waals surface area contributed by atoms with Gasteiger partial charge in [-0.3, -0.25) is 9.69 Å². The molecule has 2 aromatic rings. The van der Waals surface area contributed by atoms with Crippen molar-refractivity contribution in [1.82, 2.24) is 10.2 Å². The quantitative estimate of drug-likeness (QED) is 0.882. The molecule has 0 aliphatic carbocycles. The van der Waals surface area contributed by atoms with Crippen LogP contribution in [0.15, 0.2) is 48.5 Å². The number of nitrogens with zero attached hydrogens (tertiary/aromatic N) is 1. The van der Waals surface area contributed by atoms with Crippen LogP contribution in [-0.2, 0) is 0 Å². The normalized spacial score (nSPS) is 16.1.